The Bertz CT molecular complexity index is 1170. The molecule has 0 N–H and O–H groups in total. The van der Waals surface area contributed by atoms with Gasteiger partial charge in [-0.15, -0.1) is 0 Å². The summed E-state index contributed by atoms with van der Waals surface area (Å²) in [6.45, 7) is 2.63. The molecular formula is C26H27ClN2O3. The number of anilines is 1. The van der Waals surface area contributed by atoms with Crippen LogP contribution in [0.3, 0.4) is 0 Å². The van der Waals surface area contributed by atoms with Gasteiger partial charge in [-0.2, -0.15) is 0 Å². The van der Waals surface area contributed by atoms with E-state index in [1.54, 1.807) is 14.2 Å². The Morgan fingerprint density at radius 2 is 1.72 bits per heavy atom. The number of hydrogen-bond acceptors (Lipinski definition) is 5. The molecule has 5 rings (SSSR count). The van der Waals surface area contributed by atoms with Gasteiger partial charge in [0.1, 0.15) is 17.3 Å². The van der Waals surface area contributed by atoms with E-state index in [1.807, 2.05) is 30.3 Å². The van der Waals surface area contributed by atoms with Gasteiger partial charge in [-0.25, -0.2) is 0 Å². The van der Waals surface area contributed by atoms with E-state index in [0.717, 1.165) is 36.5 Å². The summed E-state index contributed by atoms with van der Waals surface area (Å²) in [5.41, 5.74) is 2.29. The van der Waals surface area contributed by atoms with E-state index in [0.29, 0.717) is 29.4 Å². The Morgan fingerprint density at radius 1 is 0.906 bits per heavy atom. The second-order valence-corrected chi connectivity index (χ2v) is 9.00. The van der Waals surface area contributed by atoms with E-state index in [2.05, 4.69) is 34.1 Å². The number of piperazine rings is 1. The second-order valence-electron chi connectivity index (χ2n) is 8.59. The second kappa shape index (κ2) is 8.64. The van der Waals surface area contributed by atoms with Crippen LogP contribution >= 0.6 is 11.6 Å². The normalized spacial score (nSPS) is 21.5. The highest BCUT2D eigenvalue weighted by atomic mass is 35.5. The first-order valence-corrected chi connectivity index (χ1v) is 11.4. The van der Waals surface area contributed by atoms with Gasteiger partial charge in [0, 0.05) is 56.3 Å². The predicted molar refractivity (Wildman–Crippen MR) is 128 cm³/mol. The first-order chi connectivity index (χ1) is 15.6. The van der Waals surface area contributed by atoms with Crippen LogP contribution in [-0.2, 0) is 4.79 Å². The fourth-order valence-electron chi connectivity index (χ4n) is 5.11. The minimum Gasteiger partial charge on any atom is -0.497 e. The molecule has 0 spiro atoms. The minimum atomic E-state index is 0.120. The number of nitrogens with zero attached hydrogens (tertiary/aromatic N) is 2. The molecule has 32 heavy (non-hydrogen) atoms. The van der Waals surface area contributed by atoms with E-state index in [4.69, 9.17) is 21.1 Å². The monoisotopic (exact) mass is 450 g/mol. The molecule has 1 unspecified atom stereocenters. The highest BCUT2D eigenvalue weighted by Gasteiger charge is 2.39. The van der Waals surface area contributed by atoms with Crippen molar-refractivity contribution in [2.45, 2.75) is 24.9 Å². The molecule has 3 aromatic carbocycles. The molecule has 2 aliphatic heterocycles. The van der Waals surface area contributed by atoms with Crippen molar-refractivity contribution >= 4 is 33.8 Å². The van der Waals surface area contributed by atoms with E-state index in [9.17, 15) is 4.79 Å². The smallest absolute Gasteiger partial charge is 0.139 e. The van der Waals surface area contributed by atoms with Crippen LogP contribution in [0.5, 0.6) is 11.5 Å². The molecule has 0 radical (unpaired) electrons. The molecule has 5 nitrogen and oxygen atoms in total. The third-order valence-electron chi connectivity index (χ3n) is 6.77. The summed E-state index contributed by atoms with van der Waals surface area (Å²) in [4.78, 5) is 17.6. The number of Topliss-reactive ketones (excluding diaryl/α,β-unsaturated/α-hetero) is 1. The maximum Gasteiger partial charge on any atom is 0.139 e. The van der Waals surface area contributed by atoms with Crippen LogP contribution in [0.4, 0.5) is 5.69 Å². The molecule has 6 heteroatoms. The summed E-state index contributed by atoms with van der Waals surface area (Å²) in [6.07, 6.45) is 1.18. The number of carbonyl (C=O) groups is 1. The van der Waals surface area contributed by atoms with Crippen LogP contribution in [0.25, 0.3) is 10.8 Å². The average molecular weight is 451 g/mol. The van der Waals surface area contributed by atoms with Crippen LogP contribution < -0.4 is 14.4 Å². The fraction of sp³-hybridized carbons (Fsp3) is 0.346. The Labute approximate surface area is 193 Å². The van der Waals surface area contributed by atoms with Gasteiger partial charge in [0.05, 0.1) is 19.2 Å². The first kappa shape index (κ1) is 21.1. The summed E-state index contributed by atoms with van der Waals surface area (Å²) in [6, 6.07) is 18.9. The maximum absolute atomic E-state index is 12.7. The molecule has 2 heterocycles. The molecule has 2 atom stereocenters. The summed E-state index contributed by atoms with van der Waals surface area (Å²) in [5, 5.41) is 2.93. The van der Waals surface area contributed by atoms with E-state index >= 15 is 0 Å². The quantitative estimate of drug-likeness (QED) is 0.552. The third-order valence-corrected chi connectivity index (χ3v) is 7.08. The number of benzene rings is 3. The Kier molecular flexibility index (Phi) is 5.70. The van der Waals surface area contributed by atoms with Gasteiger partial charge in [0.25, 0.3) is 0 Å². The average Bonchev–Trinajstić information content (AvgIpc) is 2.82. The molecule has 3 aromatic rings. The van der Waals surface area contributed by atoms with E-state index < -0.39 is 0 Å². The van der Waals surface area contributed by atoms with Crippen LogP contribution in [-0.4, -0.2) is 50.6 Å². The molecule has 2 aliphatic rings. The lowest BCUT2D eigenvalue weighted by Crippen LogP contribution is -2.57. The summed E-state index contributed by atoms with van der Waals surface area (Å²) in [5.74, 6) is 1.87. The fourth-order valence-corrected chi connectivity index (χ4v) is 5.30. The number of ketones is 1. The van der Waals surface area contributed by atoms with Crippen LogP contribution in [0.1, 0.15) is 24.4 Å². The molecule has 0 aromatic heterocycles. The third kappa shape index (κ3) is 3.91. The topological polar surface area (TPSA) is 42.0 Å². The molecule has 0 bridgehead atoms. The zero-order chi connectivity index (χ0) is 22.2. The van der Waals surface area contributed by atoms with Gasteiger partial charge in [-0.3, -0.25) is 9.69 Å². The number of piperidine rings is 1. The molecular weight excluding hydrogens is 424 g/mol. The molecule has 0 aliphatic carbocycles. The van der Waals surface area contributed by atoms with Gasteiger partial charge in [0.2, 0.25) is 0 Å². The molecule has 2 saturated heterocycles. The number of carbonyl (C=O) groups excluding carboxylic acids is 1. The lowest BCUT2D eigenvalue weighted by molar-refractivity contribution is -0.125. The maximum atomic E-state index is 12.7. The predicted octanol–water partition coefficient (Wildman–Crippen LogP) is 5.11. The van der Waals surface area contributed by atoms with Gasteiger partial charge in [0.15, 0.2) is 0 Å². The SMILES string of the molecule is COc1ccc2cc([C@H]3CC(=O)CC4CN(c5ccc(Cl)c(OC)c5)CCN43)ccc2c1. The van der Waals surface area contributed by atoms with Crippen molar-refractivity contribution < 1.29 is 14.3 Å². The number of ether oxygens (including phenoxy) is 2. The van der Waals surface area contributed by atoms with Crippen molar-refractivity contribution in [3.05, 3.63) is 65.2 Å². The Balaban J connectivity index is 1.40. The zero-order valence-electron chi connectivity index (χ0n) is 18.4. The highest BCUT2D eigenvalue weighted by molar-refractivity contribution is 6.32. The zero-order valence-corrected chi connectivity index (χ0v) is 19.1. The minimum absolute atomic E-state index is 0.120. The van der Waals surface area contributed by atoms with Crippen molar-refractivity contribution in [1.82, 2.24) is 4.90 Å². The van der Waals surface area contributed by atoms with Crippen molar-refractivity contribution in [1.29, 1.82) is 0 Å². The van der Waals surface area contributed by atoms with E-state index in [-0.39, 0.29) is 12.1 Å². The first-order valence-electron chi connectivity index (χ1n) is 11.0. The van der Waals surface area contributed by atoms with Crippen molar-refractivity contribution in [3.63, 3.8) is 0 Å². The summed E-state index contributed by atoms with van der Waals surface area (Å²) < 4.78 is 10.7. The van der Waals surface area contributed by atoms with Crippen molar-refractivity contribution in [3.8, 4) is 11.5 Å². The van der Waals surface area contributed by atoms with E-state index in [1.165, 1.54) is 10.9 Å². The Hall–Kier alpha value is -2.76. The number of halogens is 1. The molecule has 0 amide bonds. The van der Waals surface area contributed by atoms with Gasteiger partial charge in [-0.1, -0.05) is 29.8 Å². The summed E-state index contributed by atoms with van der Waals surface area (Å²) in [7, 11) is 3.32. The lowest BCUT2D eigenvalue weighted by atomic mass is 9.87. The standard InChI is InChI=1S/C26H27ClN2O3/c1-31-23-7-5-17-11-19(4-3-18(17)12-23)25-15-22(30)13-21-16-28(9-10-29(21)25)20-6-8-24(27)26(14-20)32-2/h3-8,11-12,14,21,25H,9-10,13,15-16H2,1-2H3/t21?,25-/m1/s1. The van der Waals surface area contributed by atoms with Crippen molar-refractivity contribution in [2.75, 3.05) is 38.8 Å². The molecule has 0 saturated carbocycles. The summed E-state index contributed by atoms with van der Waals surface area (Å²) >= 11 is 6.21. The molecule has 166 valence electrons. The number of methoxy groups -OCH3 is 2. The molecule has 2 fully saturated rings. The van der Waals surface area contributed by atoms with Crippen LogP contribution in [0.15, 0.2) is 54.6 Å². The lowest BCUT2D eigenvalue weighted by Gasteiger charge is -2.48. The number of rotatable bonds is 4. The van der Waals surface area contributed by atoms with Crippen LogP contribution in [0.2, 0.25) is 5.02 Å². The van der Waals surface area contributed by atoms with Gasteiger partial charge >= 0.3 is 0 Å². The largest absolute Gasteiger partial charge is 0.497 e. The van der Waals surface area contributed by atoms with Crippen molar-refractivity contribution in [2.24, 2.45) is 0 Å². The van der Waals surface area contributed by atoms with Gasteiger partial charge in [-0.05, 0) is 46.7 Å². The highest BCUT2D eigenvalue weighted by Crippen LogP contribution is 2.38. The number of fused-ring (bicyclic) bond motifs is 2. The van der Waals surface area contributed by atoms with Crippen LogP contribution in [0, 0.1) is 0 Å². The Morgan fingerprint density at radius 3 is 2.53 bits per heavy atom. The number of hydrogen-bond donors (Lipinski definition) is 0. The van der Waals surface area contributed by atoms with Gasteiger partial charge < -0.3 is 14.4 Å².